The maximum atomic E-state index is 11.2. The molecule has 0 bridgehead atoms. The average Bonchev–Trinajstić information content (AvgIpc) is 2.61. The molecule has 1 atom stereocenters. The first-order chi connectivity index (χ1) is 7.25. The Morgan fingerprint density at radius 1 is 1.33 bits per heavy atom. The Bertz CT molecular complexity index is 502. The molecule has 3 heteroatoms. The fourth-order valence-corrected chi connectivity index (χ4v) is 2.15. The van der Waals surface area contributed by atoms with Crippen LogP contribution >= 0.6 is 0 Å². The molecule has 74 valence electrons. The number of hydrogen-bond donors (Lipinski definition) is 1. The van der Waals surface area contributed by atoms with Gasteiger partial charge in [-0.15, -0.1) is 0 Å². The normalized spacial score (nSPS) is 22.9. The van der Waals surface area contributed by atoms with Crippen LogP contribution < -0.4 is 0 Å². The molecule has 1 aromatic carbocycles. The second-order valence-corrected chi connectivity index (χ2v) is 3.78. The van der Waals surface area contributed by atoms with Gasteiger partial charge in [0.05, 0.1) is 5.71 Å². The summed E-state index contributed by atoms with van der Waals surface area (Å²) in [6.07, 6.45) is 1.63. The third-order valence-corrected chi connectivity index (χ3v) is 2.82. The number of rotatable bonds is 0. The van der Waals surface area contributed by atoms with E-state index in [1.165, 1.54) is 6.08 Å². The zero-order chi connectivity index (χ0) is 10.4. The minimum absolute atomic E-state index is 0.337. The van der Waals surface area contributed by atoms with E-state index in [1.54, 1.807) is 0 Å². The summed E-state index contributed by atoms with van der Waals surface area (Å²) in [5.41, 5.74) is 3.45. The lowest BCUT2D eigenvalue weighted by molar-refractivity contribution is -0.136. The van der Waals surface area contributed by atoms with Gasteiger partial charge in [0, 0.05) is 18.1 Å². The van der Waals surface area contributed by atoms with Crippen LogP contribution in [0.1, 0.15) is 11.1 Å². The highest BCUT2D eigenvalue weighted by atomic mass is 16.5. The average molecular weight is 199 g/mol. The van der Waals surface area contributed by atoms with Gasteiger partial charge in [-0.25, -0.2) is 4.79 Å². The van der Waals surface area contributed by atoms with Gasteiger partial charge in [0.15, 0.2) is 6.10 Å². The Morgan fingerprint density at radius 3 is 3.00 bits per heavy atom. The second kappa shape index (κ2) is 2.79. The summed E-state index contributed by atoms with van der Waals surface area (Å²) in [4.78, 5) is 11.2. The molecule has 1 aromatic rings. The lowest BCUT2D eigenvalue weighted by atomic mass is 9.85. The Morgan fingerprint density at radius 2 is 2.13 bits per heavy atom. The van der Waals surface area contributed by atoms with Crippen molar-refractivity contribution in [2.45, 2.75) is 12.5 Å². The molecular weight excluding hydrogens is 190 g/mol. The van der Waals surface area contributed by atoms with E-state index >= 15 is 0 Å². The number of benzene rings is 1. The Kier molecular flexibility index (Phi) is 1.57. The smallest absolute Gasteiger partial charge is 0.332 e. The van der Waals surface area contributed by atoms with E-state index in [0.717, 1.165) is 16.7 Å². The SMILES string of the molecule is N=C1Cc2ccccc2C2=CC(=O)OC12. The third kappa shape index (κ3) is 1.13. The molecule has 1 aliphatic carbocycles. The van der Waals surface area contributed by atoms with Crippen molar-refractivity contribution >= 4 is 17.3 Å². The summed E-state index contributed by atoms with van der Waals surface area (Å²) in [5, 5.41) is 7.82. The van der Waals surface area contributed by atoms with Gasteiger partial charge in [0.25, 0.3) is 0 Å². The van der Waals surface area contributed by atoms with Crippen LogP contribution in [0.2, 0.25) is 0 Å². The highest BCUT2D eigenvalue weighted by molar-refractivity contribution is 6.11. The molecule has 0 radical (unpaired) electrons. The van der Waals surface area contributed by atoms with Crippen molar-refractivity contribution in [1.29, 1.82) is 5.41 Å². The summed E-state index contributed by atoms with van der Waals surface area (Å²) in [7, 11) is 0. The van der Waals surface area contributed by atoms with Crippen LogP contribution in [-0.4, -0.2) is 17.8 Å². The van der Waals surface area contributed by atoms with Crippen LogP contribution in [0.25, 0.3) is 5.57 Å². The number of carbonyl (C=O) groups is 1. The molecule has 1 heterocycles. The molecule has 0 aromatic heterocycles. The van der Waals surface area contributed by atoms with Crippen molar-refractivity contribution in [3.63, 3.8) is 0 Å². The number of ether oxygens (including phenoxy) is 1. The fraction of sp³-hybridized carbons (Fsp3) is 0.167. The van der Waals surface area contributed by atoms with Gasteiger partial charge in [-0.1, -0.05) is 24.3 Å². The van der Waals surface area contributed by atoms with Gasteiger partial charge in [-0.2, -0.15) is 0 Å². The van der Waals surface area contributed by atoms with Crippen molar-refractivity contribution < 1.29 is 9.53 Å². The molecule has 2 aliphatic rings. The summed E-state index contributed by atoms with van der Waals surface area (Å²) in [6, 6.07) is 7.85. The van der Waals surface area contributed by atoms with Gasteiger partial charge < -0.3 is 10.1 Å². The summed E-state index contributed by atoms with van der Waals surface area (Å²) >= 11 is 0. The van der Waals surface area contributed by atoms with E-state index in [4.69, 9.17) is 10.1 Å². The predicted molar refractivity (Wildman–Crippen MR) is 55.7 cm³/mol. The minimum atomic E-state index is -0.438. The second-order valence-electron chi connectivity index (χ2n) is 3.78. The molecule has 0 saturated heterocycles. The van der Waals surface area contributed by atoms with Crippen molar-refractivity contribution in [2.24, 2.45) is 0 Å². The van der Waals surface area contributed by atoms with Gasteiger partial charge in [0.1, 0.15) is 0 Å². The van der Waals surface area contributed by atoms with Crippen LogP contribution in [0.3, 0.4) is 0 Å². The number of nitrogens with one attached hydrogen (secondary N) is 1. The van der Waals surface area contributed by atoms with E-state index in [1.807, 2.05) is 24.3 Å². The quantitative estimate of drug-likeness (QED) is 0.645. The molecule has 3 nitrogen and oxygen atoms in total. The van der Waals surface area contributed by atoms with Crippen LogP contribution in [-0.2, 0) is 16.0 Å². The van der Waals surface area contributed by atoms with E-state index in [-0.39, 0.29) is 5.97 Å². The Labute approximate surface area is 86.9 Å². The zero-order valence-electron chi connectivity index (χ0n) is 7.99. The number of carbonyl (C=O) groups excluding carboxylic acids is 1. The van der Waals surface area contributed by atoms with Crippen LogP contribution in [0.4, 0.5) is 0 Å². The largest absolute Gasteiger partial charge is 0.448 e. The molecule has 1 N–H and O–H groups in total. The Balaban J connectivity index is 2.22. The fourth-order valence-electron chi connectivity index (χ4n) is 2.15. The van der Waals surface area contributed by atoms with Gasteiger partial charge >= 0.3 is 5.97 Å². The van der Waals surface area contributed by atoms with Crippen molar-refractivity contribution in [3.05, 3.63) is 41.5 Å². The standard InChI is InChI=1S/C12H9NO2/c13-10-5-7-3-1-2-4-8(7)9-6-11(14)15-12(9)10/h1-4,6,12-13H,5H2. The van der Waals surface area contributed by atoms with Gasteiger partial charge in [0.2, 0.25) is 0 Å². The van der Waals surface area contributed by atoms with E-state index in [2.05, 4.69) is 0 Å². The van der Waals surface area contributed by atoms with Gasteiger partial charge in [-0.05, 0) is 11.1 Å². The maximum absolute atomic E-state index is 11.2. The molecule has 0 spiro atoms. The number of fused-ring (bicyclic) bond motifs is 3. The monoisotopic (exact) mass is 199 g/mol. The summed E-state index contributed by atoms with van der Waals surface area (Å²) in [6.45, 7) is 0. The third-order valence-electron chi connectivity index (χ3n) is 2.82. The van der Waals surface area contributed by atoms with Crippen molar-refractivity contribution in [1.82, 2.24) is 0 Å². The molecule has 0 fully saturated rings. The van der Waals surface area contributed by atoms with Gasteiger partial charge in [-0.3, -0.25) is 0 Å². The minimum Gasteiger partial charge on any atom is -0.448 e. The van der Waals surface area contributed by atoms with Crippen LogP contribution in [0.5, 0.6) is 0 Å². The number of esters is 1. The maximum Gasteiger partial charge on any atom is 0.332 e. The van der Waals surface area contributed by atoms with Crippen molar-refractivity contribution in [3.8, 4) is 0 Å². The van der Waals surface area contributed by atoms with Crippen LogP contribution in [0.15, 0.2) is 30.3 Å². The first kappa shape index (κ1) is 8.41. The zero-order valence-corrected chi connectivity index (χ0v) is 7.99. The van der Waals surface area contributed by atoms with E-state index in [9.17, 15) is 4.79 Å². The molecule has 1 unspecified atom stereocenters. The molecule has 3 rings (SSSR count). The first-order valence-electron chi connectivity index (χ1n) is 4.83. The highest BCUT2D eigenvalue weighted by Gasteiger charge is 2.35. The van der Waals surface area contributed by atoms with Crippen LogP contribution in [0, 0.1) is 5.41 Å². The predicted octanol–water partition coefficient (Wildman–Crippen LogP) is 1.57. The molecule has 0 saturated carbocycles. The highest BCUT2D eigenvalue weighted by Crippen LogP contribution is 2.34. The number of hydrogen-bond acceptors (Lipinski definition) is 3. The van der Waals surface area contributed by atoms with E-state index in [0.29, 0.717) is 12.1 Å². The lowest BCUT2D eigenvalue weighted by Crippen LogP contribution is -2.28. The molecular formula is C12H9NO2. The first-order valence-corrected chi connectivity index (χ1v) is 4.83. The topological polar surface area (TPSA) is 50.2 Å². The molecule has 0 amide bonds. The molecule has 15 heavy (non-hydrogen) atoms. The summed E-state index contributed by atoms with van der Waals surface area (Å²) < 4.78 is 5.08. The Hall–Kier alpha value is -1.90. The van der Waals surface area contributed by atoms with Crippen molar-refractivity contribution in [2.75, 3.05) is 0 Å². The van der Waals surface area contributed by atoms with E-state index < -0.39 is 6.10 Å². The molecule has 1 aliphatic heterocycles. The lowest BCUT2D eigenvalue weighted by Gasteiger charge is -2.23. The summed E-state index contributed by atoms with van der Waals surface area (Å²) in [5.74, 6) is -0.337.